The van der Waals surface area contributed by atoms with Crippen molar-refractivity contribution in [1.82, 2.24) is 10.2 Å². The molecule has 1 aliphatic heterocycles. The summed E-state index contributed by atoms with van der Waals surface area (Å²) in [4.78, 5) is 2.26. The van der Waals surface area contributed by atoms with E-state index in [0.29, 0.717) is 10.6 Å². The Balaban J connectivity index is 0.00000288. The SMILES string of the molecule is CCCC(C)[C@@H](c1cc(C(F)(F)F)ccc1Cl)N1CCNCC1.Cl. The van der Waals surface area contributed by atoms with Gasteiger partial charge in [0.05, 0.1) is 5.56 Å². The van der Waals surface area contributed by atoms with E-state index in [1.165, 1.54) is 12.1 Å². The summed E-state index contributed by atoms with van der Waals surface area (Å²) < 4.78 is 39.3. The molecule has 0 radical (unpaired) electrons. The van der Waals surface area contributed by atoms with Crippen molar-refractivity contribution >= 4 is 24.0 Å². The fourth-order valence-corrected chi connectivity index (χ4v) is 3.61. The van der Waals surface area contributed by atoms with Gasteiger partial charge in [-0.3, -0.25) is 4.90 Å². The summed E-state index contributed by atoms with van der Waals surface area (Å²) >= 11 is 6.29. The van der Waals surface area contributed by atoms with E-state index in [0.717, 1.165) is 45.1 Å². The monoisotopic (exact) mass is 384 g/mol. The molecule has 2 nitrogen and oxygen atoms in total. The van der Waals surface area contributed by atoms with Crippen LogP contribution in [0.1, 0.15) is 43.9 Å². The lowest BCUT2D eigenvalue weighted by molar-refractivity contribution is -0.137. The summed E-state index contributed by atoms with van der Waals surface area (Å²) in [5.41, 5.74) is -0.0231. The number of piperazine rings is 1. The second kappa shape index (κ2) is 9.27. The quantitative estimate of drug-likeness (QED) is 0.753. The Morgan fingerprint density at radius 2 is 1.88 bits per heavy atom. The van der Waals surface area contributed by atoms with Crippen molar-refractivity contribution in [2.24, 2.45) is 5.92 Å². The standard InChI is InChI=1S/C17H24ClF3N2.ClH/c1-3-4-12(2)16(23-9-7-22-8-10-23)14-11-13(17(19,20)21)5-6-15(14)18;/h5-6,11-12,16,22H,3-4,7-10H2,1-2H3;1H/t12?,16-;/m0./s1. The maximum atomic E-state index is 13.1. The number of hydrogen-bond acceptors (Lipinski definition) is 2. The van der Waals surface area contributed by atoms with Crippen molar-refractivity contribution in [2.45, 2.75) is 38.9 Å². The molecule has 2 rings (SSSR count). The minimum Gasteiger partial charge on any atom is -0.314 e. The largest absolute Gasteiger partial charge is 0.416 e. The van der Waals surface area contributed by atoms with Crippen molar-refractivity contribution in [3.05, 3.63) is 34.3 Å². The number of hydrogen-bond donors (Lipinski definition) is 1. The third-order valence-electron chi connectivity index (χ3n) is 4.47. The van der Waals surface area contributed by atoms with Gasteiger partial charge in [0.2, 0.25) is 0 Å². The molecule has 0 aliphatic carbocycles. The third kappa shape index (κ3) is 5.25. The zero-order chi connectivity index (χ0) is 17.0. The molecule has 0 spiro atoms. The summed E-state index contributed by atoms with van der Waals surface area (Å²) in [6, 6.07) is 3.60. The minimum absolute atomic E-state index is 0. The molecular weight excluding hydrogens is 360 g/mol. The highest BCUT2D eigenvalue weighted by Crippen LogP contribution is 2.39. The molecule has 0 bridgehead atoms. The number of benzene rings is 1. The first-order valence-corrected chi connectivity index (χ1v) is 8.53. The summed E-state index contributed by atoms with van der Waals surface area (Å²) in [6.45, 7) is 7.56. The van der Waals surface area contributed by atoms with E-state index < -0.39 is 11.7 Å². The smallest absolute Gasteiger partial charge is 0.314 e. The van der Waals surface area contributed by atoms with E-state index in [9.17, 15) is 13.2 Å². The molecule has 7 heteroatoms. The molecule has 1 heterocycles. The van der Waals surface area contributed by atoms with Crippen LogP contribution >= 0.6 is 24.0 Å². The molecule has 0 aromatic heterocycles. The molecular formula is C17H25Cl2F3N2. The van der Waals surface area contributed by atoms with E-state index in [1.54, 1.807) is 0 Å². The minimum atomic E-state index is -4.35. The van der Waals surface area contributed by atoms with E-state index in [4.69, 9.17) is 11.6 Å². The van der Waals surface area contributed by atoms with Gasteiger partial charge in [-0.05, 0) is 36.1 Å². The van der Waals surface area contributed by atoms with Crippen LogP contribution in [0.25, 0.3) is 0 Å². The molecule has 1 aliphatic rings. The topological polar surface area (TPSA) is 15.3 Å². The first-order chi connectivity index (χ1) is 10.8. The van der Waals surface area contributed by atoms with Crippen LogP contribution in [-0.2, 0) is 6.18 Å². The molecule has 2 atom stereocenters. The van der Waals surface area contributed by atoms with Crippen molar-refractivity contribution in [1.29, 1.82) is 0 Å². The Labute approximate surface area is 153 Å². The summed E-state index contributed by atoms with van der Waals surface area (Å²) in [6.07, 6.45) is -2.39. The molecule has 138 valence electrons. The molecule has 1 aromatic carbocycles. The van der Waals surface area contributed by atoms with Crippen molar-refractivity contribution in [3.8, 4) is 0 Å². The van der Waals surface area contributed by atoms with Crippen molar-refractivity contribution < 1.29 is 13.2 Å². The lowest BCUT2D eigenvalue weighted by Crippen LogP contribution is -2.46. The van der Waals surface area contributed by atoms with Gasteiger partial charge in [-0.2, -0.15) is 13.2 Å². The Kier molecular flexibility index (Phi) is 8.33. The third-order valence-corrected chi connectivity index (χ3v) is 4.81. The maximum absolute atomic E-state index is 13.1. The van der Waals surface area contributed by atoms with Gasteiger partial charge in [-0.15, -0.1) is 12.4 Å². The second-order valence-corrected chi connectivity index (χ2v) is 6.64. The second-order valence-electron chi connectivity index (χ2n) is 6.23. The van der Waals surface area contributed by atoms with Crippen LogP contribution < -0.4 is 5.32 Å². The predicted molar refractivity (Wildman–Crippen MR) is 95.0 cm³/mol. The van der Waals surface area contributed by atoms with Crippen molar-refractivity contribution in [2.75, 3.05) is 26.2 Å². The van der Waals surface area contributed by atoms with E-state index in [2.05, 4.69) is 24.1 Å². The number of rotatable bonds is 5. The molecule has 0 saturated carbocycles. The average molecular weight is 385 g/mol. The normalized spacial score (nSPS) is 18.8. The van der Waals surface area contributed by atoms with Crippen LogP contribution in [0.3, 0.4) is 0 Å². The van der Waals surface area contributed by atoms with E-state index >= 15 is 0 Å². The van der Waals surface area contributed by atoms with Gasteiger partial charge >= 0.3 is 6.18 Å². The van der Waals surface area contributed by atoms with E-state index in [1.807, 2.05) is 0 Å². The number of nitrogens with zero attached hydrogens (tertiary/aromatic N) is 1. The van der Waals surface area contributed by atoms with Crippen LogP contribution in [0.2, 0.25) is 5.02 Å². The fraction of sp³-hybridized carbons (Fsp3) is 0.647. The predicted octanol–water partition coefficient (Wildman–Crippen LogP) is 5.16. The zero-order valence-electron chi connectivity index (χ0n) is 14.0. The van der Waals surface area contributed by atoms with Crippen LogP contribution in [0, 0.1) is 5.92 Å². The van der Waals surface area contributed by atoms with Gasteiger partial charge in [0, 0.05) is 37.2 Å². The molecule has 1 aromatic rings. The highest BCUT2D eigenvalue weighted by atomic mass is 35.5. The molecule has 1 N–H and O–H groups in total. The summed E-state index contributed by atoms with van der Waals surface area (Å²) in [7, 11) is 0. The van der Waals surface area contributed by atoms with Crippen molar-refractivity contribution in [3.63, 3.8) is 0 Å². The van der Waals surface area contributed by atoms with Gasteiger partial charge in [-0.25, -0.2) is 0 Å². The lowest BCUT2D eigenvalue weighted by Gasteiger charge is -2.39. The van der Waals surface area contributed by atoms with Gasteiger partial charge in [-0.1, -0.05) is 31.9 Å². The number of halogens is 5. The first kappa shape index (κ1) is 21.6. The Morgan fingerprint density at radius 3 is 2.42 bits per heavy atom. The molecule has 0 amide bonds. The molecule has 1 fully saturated rings. The zero-order valence-corrected chi connectivity index (χ0v) is 15.6. The van der Waals surface area contributed by atoms with E-state index in [-0.39, 0.29) is 24.4 Å². The highest BCUT2D eigenvalue weighted by molar-refractivity contribution is 6.31. The molecule has 1 saturated heterocycles. The lowest BCUT2D eigenvalue weighted by atomic mass is 9.88. The Bertz CT molecular complexity index is 517. The number of nitrogens with one attached hydrogen (secondary N) is 1. The first-order valence-electron chi connectivity index (χ1n) is 8.16. The Hall–Kier alpha value is -0.490. The van der Waals surface area contributed by atoms with Crippen LogP contribution in [0.4, 0.5) is 13.2 Å². The van der Waals surface area contributed by atoms with Crippen LogP contribution in [0.5, 0.6) is 0 Å². The average Bonchev–Trinajstić information content (AvgIpc) is 2.49. The fourth-order valence-electron chi connectivity index (χ4n) is 3.38. The van der Waals surface area contributed by atoms with Crippen LogP contribution in [-0.4, -0.2) is 31.1 Å². The van der Waals surface area contributed by atoms with Crippen LogP contribution in [0.15, 0.2) is 18.2 Å². The summed E-state index contributed by atoms with van der Waals surface area (Å²) in [5.74, 6) is 0.249. The van der Waals surface area contributed by atoms with Gasteiger partial charge < -0.3 is 5.32 Å². The number of alkyl halides is 3. The Morgan fingerprint density at radius 1 is 1.25 bits per heavy atom. The van der Waals surface area contributed by atoms with Gasteiger partial charge in [0.1, 0.15) is 0 Å². The molecule has 1 unspecified atom stereocenters. The van der Waals surface area contributed by atoms with Gasteiger partial charge in [0.15, 0.2) is 0 Å². The highest BCUT2D eigenvalue weighted by Gasteiger charge is 2.34. The molecule has 24 heavy (non-hydrogen) atoms. The van der Waals surface area contributed by atoms with Gasteiger partial charge in [0.25, 0.3) is 0 Å². The maximum Gasteiger partial charge on any atom is 0.416 e. The summed E-state index contributed by atoms with van der Waals surface area (Å²) in [5, 5.41) is 3.71.